The molecule has 0 radical (unpaired) electrons. The molecule has 7 nitrogen and oxygen atoms in total. The summed E-state index contributed by atoms with van der Waals surface area (Å²) in [5.41, 5.74) is 1.51. The summed E-state index contributed by atoms with van der Waals surface area (Å²) in [6.45, 7) is 4.28. The number of benzene rings is 2. The van der Waals surface area contributed by atoms with Gasteiger partial charge in [0.25, 0.3) is 5.91 Å². The normalized spacial score (nSPS) is 14.9. The molecule has 0 bridgehead atoms. The fourth-order valence-corrected chi connectivity index (χ4v) is 4.01. The van der Waals surface area contributed by atoms with Crippen molar-refractivity contribution in [3.8, 4) is 0 Å². The van der Waals surface area contributed by atoms with Crippen LogP contribution >= 0.6 is 0 Å². The van der Waals surface area contributed by atoms with Gasteiger partial charge in [-0.15, -0.1) is 0 Å². The molecule has 2 heterocycles. The Morgan fingerprint density at radius 1 is 1.09 bits per heavy atom. The Morgan fingerprint density at radius 2 is 1.76 bits per heavy atom. The van der Waals surface area contributed by atoms with Gasteiger partial charge in [-0.25, -0.2) is 8.78 Å². The van der Waals surface area contributed by atoms with Crippen molar-refractivity contribution in [3.63, 3.8) is 0 Å². The number of amides is 1. The van der Waals surface area contributed by atoms with Gasteiger partial charge in [-0.3, -0.25) is 9.59 Å². The maximum atomic E-state index is 13.6. The van der Waals surface area contributed by atoms with Gasteiger partial charge in [0.2, 0.25) is 0 Å². The van der Waals surface area contributed by atoms with Crippen LogP contribution in [0.1, 0.15) is 34.5 Å². The molecule has 0 saturated carbocycles. The first kappa shape index (κ1) is 23.8. The topological polar surface area (TPSA) is 75.0 Å². The fraction of sp³-hybridized carbons (Fsp3) is 0.360. The third kappa shape index (κ3) is 5.10. The van der Waals surface area contributed by atoms with Gasteiger partial charge in [0, 0.05) is 63.0 Å². The molecule has 1 saturated heterocycles. The van der Waals surface area contributed by atoms with Crippen LogP contribution in [0, 0.1) is 11.6 Å². The van der Waals surface area contributed by atoms with Gasteiger partial charge in [-0.05, 0) is 36.8 Å². The monoisotopic (exact) mass is 471 g/mol. The number of fused-ring (bicyclic) bond motifs is 1. The van der Waals surface area contributed by atoms with Gasteiger partial charge < -0.3 is 24.3 Å². The zero-order valence-electron chi connectivity index (χ0n) is 19.4. The van der Waals surface area contributed by atoms with Gasteiger partial charge in [0.1, 0.15) is 17.2 Å². The second kappa shape index (κ2) is 9.90. The first-order chi connectivity index (χ1) is 16.2. The van der Waals surface area contributed by atoms with E-state index in [1.807, 2.05) is 11.8 Å². The quantitative estimate of drug-likeness (QED) is 0.594. The molecule has 1 aromatic heterocycles. The second-order valence-electron chi connectivity index (χ2n) is 8.57. The SMILES string of the molecule is CC(NCc1cc(F)cc(F)c1)c1cc(C(=O)N(C)C)cc2c(=O)cc(N3CCOCC3)oc12. The minimum atomic E-state index is -0.658. The molecule has 180 valence electrons. The number of nitrogens with one attached hydrogen (secondary N) is 1. The van der Waals surface area contributed by atoms with E-state index in [0.717, 1.165) is 6.07 Å². The highest BCUT2D eigenvalue weighted by Crippen LogP contribution is 2.29. The van der Waals surface area contributed by atoms with Crippen molar-refractivity contribution in [1.29, 1.82) is 0 Å². The molecule has 1 N–H and O–H groups in total. The molecule has 1 amide bonds. The first-order valence-electron chi connectivity index (χ1n) is 11.1. The maximum absolute atomic E-state index is 13.6. The molecule has 2 aromatic carbocycles. The van der Waals surface area contributed by atoms with E-state index >= 15 is 0 Å². The Bertz CT molecular complexity index is 1250. The van der Waals surface area contributed by atoms with Gasteiger partial charge in [-0.2, -0.15) is 0 Å². The van der Waals surface area contributed by atoms with Crippen LogP contribution in [0.4, 0.5) is 14.7 Å². The fourth-order valence-electron chi connectivity index (χ4n) is 4.01. The lowest BCUT2D eigenvalue weighted by atomic mass is 10.00. The van der Waals surface area contributed by atoms with Crippen molar-refractivity contribution in [2.75, 3.05) is 45.3 Å². The summed E-state index contributed by atoms with van der Waals surface area (Å²) < 4.78 is 38.8. The number of morpholine rings is 1. The van der Waals surface area contributed by atoms with E-state index in [1.165, 1.54) is 23.1 Å². The van der Waals surface area contributed by atoms with Crippen molar-refractivity contribution < 1.29 is 22.7 Å². The van der Waals surface area contributed by atoms with Crippen LogP contribution in [0.15, 0.2) is 45.6 Å². The zero-order chi connectivity index (χ0) is 24.4. The highest BCUT2D eigenvalue weighted by atomic mass is 19.1. The Labute approximate surface area is 195 Å². The first-order valence-corrected chi connectivity index (χ1v) is 11.1. The average Bonchev–Trinajstić information content (AvgIpc) is 2.81. The lowest BCUT2D eigenvalue weighted by Crippen LogP contribution is -2.36. The van der Waals surface area contributed by atoms with Crippen LogP contribution in [0.5, 0.6) is 0 Å². The van der Waals surface area contributed by atoms with Crippen LogP contribution in [-0.2, 0) is 11.3 Å². The molecule has 0 aliphatic carbocycles. The van der Waals surface area contributed by atoms with Gasteiger partial charge in [0.05, 0.1) is 18.6 Å². The summed E-state index contributed by atoms with van der Waals surface area (Å²) in [6, 6.07) is 7.61. The van der Waals surface area contributed by atoms with Gasteiger partial charge in [0.15, 0.2) is 11.3 Å². The third-order valence-corrected chi connectivity index (χ3v) is 5.82. The number of halogens is 2. The number of rotatable bonds is 6. The van der Waals surface area contributed by atoms with Crippen molar-refractivity contribution in [2.24, 2.45) is 0 Å². The Balaban J connectivity index is 1.76. The summed E-state index contributed by atoms with van der Waals surface area (Å²) in [5.74, 6) is -1.13. The van der Waals surface area contributed by atoms with E-state index in [4.69, 9.17) is 9.15 Å². The van der Waals surface area contributed by atoms with Gasteiger partial charge in [-0.1, -0.05) is 0 Å². The lowest BCUT2D eigenvalue weighted by molar-refractivity contribution is 0.0827. The van der Waals surface area contributed by atoms with Crippen molar-refractivity contribution >= 4 is 22.8 Å². The standard InChI is InChI=1S/C25H27F2N3O4/c1-15(28-14-16-8-18(26)12-19(27)9-16)20-10-17(25(32)29(2)3)11-21-22(31)13-23(34-24(20)21)30-4-6-33-7-5-30/h8-13,15,28H,4-7,14H2,1-3H3. The average molecular weight is 472 g/mol. The number of hydrogen-bond donors (Lipinski definition) is 1. The second-order valence-corrected chi connectivity index (χ2v) is 8.57. The van der Waals surface area contributed by atoms with Crippen LogP contribution < -0.4 is 15.6 Å². The summed E-state index contributed by atoms with van der Waals surface area (Å²) in [4.78, 5) is 29.2. The molecule has 34 heavy (non-hydrogen) atoms. The minimum absolute atomic E-state index is 0.177. The molecule has 1 unspecified atom stereocenters. The zero-order valence-corrected chi connectivity index (χ0v) is 19.4. The maximum Gasteiger partial charge on any atom is 0.253 e. The molecule has 1 atom stereocenters. The van der Waals surface area contributed by atoms with E-state index < -0.39 is 17.7 Å². The molecular formula is C25H27F2N3O4. The lowest BCUT2D eigenvalue weighted by Gasteiger charge is -2.27. The molecule has 4 rings (SSSR count). The molecule has 1 aliphatic heterocycles. The molecule has 3 aromatic rings. The third-order valence-electron chi connectivity index (χ3n) is 5.82. The number of hydrogen-bond acceptors (Lipinski definition) is 6. The number of nitrogens with zero attached hydrogens (tertiary/aromatic N) is 2. The summed E-state index contributed by atoms with van der Waals surface area (Å²) in [5, 5.41) is 3.52. The number of carbonyl (C=O) groups excluding carboxylic acids is 1. The predicted octanol–water partition coefficient (Wildman–Crippen LogP) is 3.46. The molecule has 1 aliphatic rings. The largest absolute Gasteiger partial charge is 0.440 e. The summed E-state index contributed by atoms with van der Waals surface area (Å²) in [7, 11) is 3.27. The summed E-state index contributed by atoms with van der Waals surface area (Å²) >= 11 is 0. The highest BCUT2D eigenvalue weighted by molar-refractivity contribution is 5.98. The summed E-state index contributed by atoms with van der Waals surface area (Å²) in [6.07, 6.45) is 0. The Morgan fingerprint density at radius 3 is 2.41 bits per heavy atom. The van der Waals surface area contributed by atoms with Crippen LogP contribution in [0.3, 0.4) is 0 Å². The smallest absolute Gasteiger partial charge is 0.253 e. The van der Waals surface area contributed by atoms with Crippen molar-refractivity contribution in [3.05, 3.63) is 74.9 Å². The minimum Gasteiger partial charge on any atom is -0.440 e. The molecule has 9 heteroatoms. The Hall–Kier alpha value is -3.30. The van der Waals surface area contributed by atoms with E-state index in [2.05, 4.69) is 5.32 Å². The van der Waals surface area contributed by atoms with E-state index in [0.29, 0.717) is 59.8 Å². The predicted molar refractivity (Wildman–Crippen MR) is 125 cm³/mol. The highest BCUT2D eigenvalue weighted by Gasteiger charge is 2.22. The van der Waals surface area contributed by atoms with Gasteiger partial charge >= 0.3 is 0 Å². The number of carbonyl (C=O) groups is 1. The van der Waals surface area contributed by atoms with Crippen molar-refractivity contribution in [2.45, 2.75) is 19.5 Å². The van der Waals surface area contributed by atoms with E-state index in [1.54, 1.807) is 26.2 Å². The van der Waals surface area contributed by atoms with E-state index in [-0.39, 0.29) is 17.9 Å². The molecule has 1 fully saturated rings. The van der Waals surface area contributed by atoms with Crippen molar-refractivity contribution in [1.82, 2.24) is 10.2 Å². The Kier molecular flexibility index (Phi) is 6.95. The van der Waals surface area contributed by atoms with Crippen LogP contribution in [-0.4, -0.2) is 51.2 Å². The molecule has 0 spiro atoms. The van der Waals surface area contributed by atoms with Crippen LogP contribution in [0.2, 0.25) is 0 Å². The number of ether oxygens (including phenoxy) is 1. The molecular weight excluding hydrogens is 444 g/mol. The van der Waals surface area contributed by atoms with E-state index in [9.17, 15) is 18.4 Å². The van der Waals surface area contributed by atoms with Crippen LogP contribution in [0.25, 0.3) is 11.0 Å². The number of anilines is 1.